The molecule has 3 aromatic rings. The molecule has 0 aliphatic heterocycles. The molecule has 0 aliphatic rings. The molecular formula is C20H19NO4. The summed E-state index contributed by atoms with van der Waals surface area (Å²) < 4.78 is 10.6. The molecule has 5 heteroatoms. The van der Waals surface area contributed by atoms with Crippen LogP contribution in [0.4, 0.5) is 0 Å². The van der Waals surface area contributed by atoms with Crippen molar-refractivity contribution < 1.29 is 18.7 Å². The smallest absolute Gasteiger partial charge is 0.375 e. The summed E-state index contributed by atoms with van der Waals surface area (Å²) in [5, 5.41) is 3.58. The lowest BCUT2D eigenvalue weighted by molar-refractivity contribution is -0.124. The second-order valence-corrected chi connectivity index (χ2v) is 5.89. The Morgan fingerprint density at radius 1 is 1.04 bits per heavy atom. The molecule has 128 valence electrons. The van der Waals surface area contributed by atoms with Crippen molar-refractivity contribution in [2.24, 2.45) is 0 Å². The van der Waals surface area contributed by atoms with Crippen molar-refractivity contribution in [1.29, 1.82) is 0 Å². The predicted molar refractivity (Wildman–Crippen MR) is 94.3 cm³/mol. The first-order valence-electron chi connectivity index (χ1n) is 8.02. The van der Waals surface area contributed by atoms with Crippen LogP contribution in [0.25, 0.3) is 11.0 Å². The van der Waals surface area contributed by atoms with Crippen molar-refractivity contribution in [2.75, 3.05) is 6.61 Å². The number of fused-ring (bicyclic) bond motifs is 1. The minimum atomic E-state index is -0.640. The highest BCUT2D eigenvalue weighted by molar-refractivity contribution is 5.96. The van der Waals surface area contributed by atoms with E-state index in [9.17, 15) is 9.59 Å². The zero-order valence-electron chi connectivity index (χ0n) is 14.2. The first-order chi connectivity index (χ1) is 12.0. The molecule has 5 nitrogen and oxygen atoms in total. The second kappa shape index (κ2) is 7.21. The normalized spacial score (nSPS) is 10.6. The second-order valence-electron chi connectivity index (χ2n) is 5.89. The molecule has 0 unspecified atom stereocenters. The monoisotopic (exact) mass is 337 g/mol. The number of hydrogen-bond acceptors (Lipinski definition) is 4. The summed E-state index contributed by atoms with van der Waals surface area (Å²) in [7, 11) is 0. The molecule has 1 aromatic heterocycles. The fraction of sp³-hybridized carbons (Fsp3) is 0.200. The first kappa shape index (κ1) is 16.8. The van der Waals surface area contributed by atoms with E-state index in [-0.39, 0.29) is 18.3 Å². The Morgan fingerprint density at radius 2 is 1.76 bits per heavy atom. The number of amides is 1. The SMILES string of the molecule is Cc1ccc(CNC(=O)COC(=O)c2oc3ccccc3c2C)cc1. The van der Waals surface area contributed by atoms with Gasteiger partial charge in [0.25, 0.3) is 5.91 Å². The highest BCUT2D eigenvalue weighted by Gasteiger charge is 2.19. The van der Waals surface area contributed by atoms with E-state index >= 15 is 0 Å². The van der Waals surface area contributed by atoms with Gasteiger partial charge in [-0.2, -0.15) is 0 Å². The van der Waals surface area contributed by atoms with Crippen LogP contribution < -0.4 is 5.32 Å². The van der Waals surface area contributed by atoms with E-state index in [1.165, 1.54) is 0 Å². The predicted octanol–water partition coefficient (Wildman–Crippen LogP) is 3.52. The maximum Gasteiger partial charge on any atom is 0.375 e. The standard InChI is InChI=1S/C20H19NO4/c1-13-7-9-15(10-8-13)11-21-18(22)12-24-20(23)19-14(2)16-5-3-4-6-17(16)25-19/h3-10H,11-12H2,1-2H3,(H,21,22). The van der Waals surface area contributed by atoms with Gasteiger partial charge in [0.1, 0.15) is 5.58 Å². The molecule has 3 rings (SSSR count). The summed E-state index contributed by atoms with van der Waals surface area (Å²) in [6, 6.07) is 15.2. The summed E-state index contributed by atoms with van der Waals surface area (Å²) in [5.41, 5.74) is 3.47. The van der Waals surface area contributed by atoms with Gasteiger partial charge in [0.2, 0.25) is 5.76 Å². The molecule has 0 bridgehead atoms. The van der Waals surface area contributed by atoms with Crippen molar-refractivity contribution in [3.8, 4) is 0 Å². The van der Waals surface area contributed by atoms with E-state index in [1.807, 2.05) is 49.4 Å². The quantitative estimate of drug-likeness (QED) is 0.723. The molecule has 1 N–H and O–H groups in total. The van der Waals surface area contributed by atoms with E-state index in [0.717, 1.165) is 16.5 Å². The number of para-hydroxylation sites is 1. The highest BCUT2D eigenvalue weighted by Crippen LogP contribution is 2.25. The third-order valence-corrected chi connectivity index (χ3v) is 3.97. The summed E-state index contributed by atoms with van der Waals surface area (Å²) >= 11 is 0. The molecule has 0 saturated carbocycles. The third kappa shape index (κ3) is 3.88. The Labute approximate surface area is 145 Å². The minimum Gasteiger partial charge on any atom is -0.450 e. The number of aryl methyl sites for hydroxylation is 2. The number of esters is 1. The molecule has 0 radical (unpaired) electrons. The molecule has 1 amide bonds. The van der Waals surface area contributed by atoms with Gasteiger partial charge >= 0.3 is 5.97 Å². The van der Waals surface area contributed by atoms with Crippen LogP contribution >= 0.6 is 0 Å². The summed E-state index contributed by atoms with van der Waals surface area (Å²) in [6.45, 7) is 3.84. The van der Waals surface area contributed by atoms with Crippen molar-refractivity contribution in [2.45, 2.75) is 20.4 Å². The van der Waals surface area contributed by atoms with Crippen molar-refractivity contribution >= 4 is 22.8 Å². The van der Waals surface area contributed by atoms with Crippen LogP contribution in [-0.4, -0.2) is 18.5 Å². The van der Waals surface area contributed by atoms with Crippen LogP contribution in [0.15, 0.2) is 52.9 Å². The Bertz CT molecular complexity index is 909. The average Bonchev–Trinajstić information content (AvgIpc) is 2.96. The van der Waals surface area contributed by atoms with Crippen molar-refractivity contribution in [3.63, 3.8) is 0 Å². The zero-order chi connectivity index (χ0) is 17.8. The van der Waals surface area contributed by atoms with Crippen molar-refractivity contribution in [1.82, 2.24) is 5.32 Å². The molecule has 0 spiro atoms. The summed E-state index contributed by atoms with van der Waals surface area (Å²) in [5.74, 6) is -0.866. The topological polar surface area (TPSA) is 68.5 Å². The van der Waals surface area contributed by atoms with E-state index in [4.69, 9.17) is 9.15 Å². The lowest BCUT2D eigenvalue weighted by atomic mass is 10.1. The Morgan fingerprint density at radius 3 is 2.48 bits per heavy atom. The molecule has 1 heterocycles. The maximum absolute atomic E-state index is 12.2. The van der Waals surface area contributed by atoms with Gasteiger partial charge in [0.15, 0.2) is 6.61 Å². The number of ether oxygens (including phenoxy) is 1. The molecular weight excluding hydrogens is 318 g/mol. The lowest BCUT2D eigenvalue weighted by Crippen LogP contribution is -2.28. The van der Waals surface area contributed by atoms with E-state index in [1.54, 1.807) is 13.0 Å². The van der Waals surface area contributed by atoms with Gasteiger partial charge in [-0.15, -0.1) is 0 Å². The van der Waals surface area contributed by atoms with E-state index in [0.29, 0.717) is 17.7 Å². The number of nitrogens with one attached hydrogen (secondary N) is 1. The number of carbonyl (C=O) groups excluding carboxylic acids is 2. The molecule has 0 aliphatic carbocycles. The molecule has 0 saturated heterocycles. The highest BCUT2D eigenvalue weighted by atomic mass is 16.5. The van der Waals surface area contributed by atoms with E-state index in [2.05, 4.69) is 5.32 Å². The van der Waals surface area contributed by atoms with Gasteiger partial charge < -0.3 is 14.5 Å². The Balaban J connectivity index is 1.55. The van der Waals surface area contributed by atoms with Gasteiger partial charge in [0, 0.05) is 17.5 Å². The summed E-state index contributed by atoms with van der Waals surface area (Å²) in [6.07, 6.45) is 0. The first-order valence-corrected chi connectivity index (χ1v) is 8.02. The van der Waals surface area contributed by atoms with Crippen LogP contribution in [0.3, 0.4) is 0 Å². The maximum atomic E-state index is 12.2. The number of hydrogen-bond donors (Lipinski definition) is 1. The molecule has 0 atom stereocenters. The van der Waals surface area contributed by atoms with Crippen LogP contribution in [0, 0.1) is 13.8 Å². The number of benzene rings is 2. The summed E-state index contributed by atoms with van der Waals surface area (Å²) in [4.78, 5) is 24.0. The third-order valence-electron chi connectivity index (χ3n) is 3.97. The van der Waals surface area contributed by atoms with Crippen molar-refractivity contribution in [3.05, 3.63) is 71.0 Å². The fourth-order valence-electron chi connectivity index (χ4n) is 2.52. The van der Waals surface area contributed by atoms with Crippen LogP contribution in [0.5, 0.6) is 0 Å². The fourth-order valence-corrected chi connectivity index (χ4v) is 2.52. The largest absolute Gasteiger partial charge is 0.450 e. The Hall–Kier alpha value is -3.08. The zero-order valence-corrected chi connectivity index (χ0v) is 14.2. The van der Waals surface area contributed by atoms with Gasteiger partial charge in [-0.25, -0.2) is 4.79 Å². The molecule has 25 heavy (non-hydrogen) atoms. The minimum absolute atomic E-state index is 0.132. The molecule has 0 fully saturated rings. The van der Waals surface area contributed by atoms with E-state index < -0.39 is 5.97 Å². The van der Waals surface area contributed by atoms with Crippen LogP contribution in [0.2, 0.25) is 0 Å². The van der Waals surface area contributed by atoms with Gasteiger partial charge in [-0.3, -0.25) is 4.79 Å². The number of furan rings is 1. The van der Waals surface area contributed by atoms with Gasteiger partial charge in [-0.05, 0) is 25.5 Å². The number of rotatable bonds is 5. The van der Waals surface area contributed by atoms with Crippen LogP contribution in [-0.2, 0) is 16.1 Å². The van der Waals surface area contributed by atoms with Gasteiger partial charge in [-0.1, -0.05) is 48.0 Å². The van der Waals surface area contributed by atoms with Gasteiger partial charge in [0.05, 0.1) is 0 Å². The van der Waals surface area contributed by atoms with Crippen LogP contribution in [0.1, 0.15) is 27.2 Å². The average molecular weight is 337 g/mol. The number of carbonyl (C=O) groups is 2. The Kier molecular flexibility index (Phi) is 4.84. The molecule has 2 aromatic carbocycles. The lowest BCUT2D eigenvalue weighted by Gasteiger charge is -2.06.